The minimum Gasteiger partial charge on any atom is -0.464 e. The van der Waals surface area contributed by atoms with Crippen molar-refractivity contribution in [1.29, 1.82) is 0 Å². The van der Waals surface area contributed by atoms with Crippen LogP contribution >= 0.6 is 0 Å². The molecule has 1 saturated carbocycles. The quantitative estimate of drug-likeness (QED) is 0.521. The molecule has 2 heterocycles. The smallest absolute Gasteiger partial charge is 0.332 e. The molecule has 0 radical (unpaired) electrons. The zero-order valence-corrected chi connectivity index (χ0v) is 21.2. The first kappa shape index (κ1) is 26.0. The van der Waals surface area contributed by atoms with E-state index in [0.717, 1.165) is 63.1 Å². The van der Waals surface area contributed by atoms with Crippen LogP contribution in [0.5, 0.6) is 0 Å². The fourth-order valence-electron chi connectivity index (χ4n) is 4.64. The number of aromatic nitrogens is 3. The molecule has 36 heavy (non-hydrogen) atoms. The highest BCUT2D eigenvalue weighted by Crippen LogP contribution is 2.22. The number of piperazine rings is 1. The first-order valence-electron chi connectivity index (χ1n) is 12.8. The molecular weight excluding hydrogens is 460 g/mol. The van der Waals surface area contributed by atoms with Crippen LogP contribution in [-0.2, 0) is 19.1 Å². The van der Waals surface area contributed by atoms with Crippen LogP contribution in [-0.4, -0.2) is 90.0 Å². The van der Waals surface area contributed by atoms with Crippen LogP contribution in [0.15, 0.2) is 30.5 Å². The van der Waals surface area contributed by atoms with E-state index in [1.165, 1.54) is 5.56 Å². The van der Waals surface area contributed by atoms with E-state index in [4.69, 9.17) is 14.5 Å². The molecule has 1 aliphatic heterocycles. The zero-order valence-electron chi connectivity index (χ0n) is 21.2. The van der Waals surface area contributed by atoms with Crippen LogP contribution in [0.3, 0.4) is 0 Å². The molecule has 2 aliphatic rings. The van der Waals surface area contributed by atoms with Crippen molar-refractivity contribution in [3.63, 3.8) is 0 Å². The number of anilines is 1. The van der Waals surface area contributed by atoms with Gasteiger partial charge in [0.25, 0.3) is 0 Å². The molecule has 1 aromatic carbocycles. The van der Waals surface area contributed by atoms with E-state index in [2.05, 4.69) is 44.4 Å². The molecule has 10 nitrogen and oxygen atoms in total. The van der Waals surface area contributed by atoms with Gasteiger partial charge in [0.05, 0.1) is 31.1 Å². The van der Waals surface area contributed by atoms with Crippen LogP contribution in [0.1, 0.15) is 38.2 Å². The molecule has 10 heteroatoms. The predicted octanol–water partition coefficient (Wildman–Crippen LogP) is 1.98. The van der Waals surface area contributed by atoms with Crippen molar-refractivity contribution in [2.24, 2.45) is 0 Å². The lowest BCUT2D eigenvalue weighted by Crippen LogP contribution is -2.51. The second-order valence-electron chi connectivity index (χ2n) is 9.43. The summed E-state index contributed by atoms with van der Waals surface area (Å²) in [5.41, 5.74) is 3.03. The van der Waals surface area contributed by atoms with Gasteiger partial charge in [0.2, 0.25) is 11.9 Å². The normalized spacial score (nSPS) is 20.7. The number of amides is 1. The Bertz CT molecular complexity index is 1000. The Morgan fingerprint density at radius 1 is 1.06 bits per heavy atom. The highest BCUT2D eigenvalue weighted by atomic mass is 16.6. The average molecular weight is 497 g/mol. The van der Waals surface area contributed by atoms with E-state index >= 15 is 0 Å². The van der Waals surface area contributed by atoms with E-state index < -0.39 is 0 Å². The summed E-state index contributed by atoms with van der Waals surface area (Å²) in [5.74, 6) is 0.354. The maximum Gasteiger partial charge on any atom is 0.332 e. The van der Waals surface area contributed by atoms with E-state index in [1.807, 2.05) is 12.1 Å². The van der Waals surface area contributed by atoms with Gasteiger partial charge in [0, 0.05) is 37.8 Å². The third kappa shape index (κ3) is 7.44. The van der Waals surface area contributed by atoms with Crippen molar-refractivity contribution in [2.45, 2.75) is 51.7 Å². The molecule has 4 rings (SSSR count). The Labute approximate surface area is 212 Å². The molecule has 0 atom stereocenters. The molecule has 2 fully saturated rings. The summed E-state index contributed by atoms with van der Waals surface area (Å²) in [5, 5.41) is 11.6. The fourth-order valence-corrected chi connectivity index (χ4v) is 4.64. The van der Waals surface area contributed by atoms with Crippen molar-refractivity contribution >= 4 is 17.8 Å². The molecule has 1 aliphatic carbocycles. The summed E-state index contributed by atoms with van der Waals surface area (Å²) in [6.07, 6.45) is 5.12. The predicted molar refractivity (Wildman–Crippen MR) is 135 cm³/mol. The van der Waals surface area contributed by atoms with Crippen LogP contribution in [0.2, 0.25) is 0 Å². The summed E-state index contributed by atoms with van der Waals surface area (Å²) in [6, 6.07) is 8.37. The van der Waals surface area contributed by atoms with Gasteiger partial charge in [-0.2, -0.15) is 5.10 Å². The number of nitrogens with one attached hydrogen (secondary N) is 1. The Hall–Kier alpha value is -3.11. The Balaban J connectivity index is 1.17. The molecule has 0 unspecified atom stereocenters. The number of benzene rings is 1. The number of carbonyl (C=O) groups excluding carboxylic acids is 2. The molecular formula is C26H36N6O4. The van der Waals surface area contributed by atoms with E-state index in [0.29, 0.717) is 19.1 Å². The maximum atomic E-state index is 12.6. The lowest BCUT2D eigenvalue weighted by atomic mass is 9.93. The number of aryl methyl sites for hydroxylation is 1. The van der Waals surface area contributed by atoms with Crippen molar-refractivity contribution < 1.29 is 19.1 Å². The Kier molecular flexibility index (Phi) is 9.18. The molecule has 2 aromatic rings. The highest BCUT2D eigenvalue weighted by molar-refractivity contribution is 5.78. The number of carbonyl (C=O) groups is 2. The van der Waals surface area contributed by atoms with Crippen molar-refractivity contribution in [3.05, 3.63) is 36.0 Å². The SMILES string of the molecule is CCOC(=O)COC1CCC(NC(=O)CN2CCN(c3nncc(-c4ccc(C)cc4)n3)CC2)CC1. The Morgan fingerprint density at radius 2 is 1.78 bits per heavy atom. The van der Waals surface area contributed by atoms with Gasteiger partial charge < -0.3 is 19.7 Å². The molecule has 194 valence electrons. The highest BCUT2D eigenvalue weighted by Gasteiger charge is 2.26. The lowest BCUT2D eigenvalue weighted by Gasteiger charge is -2.35. The molecule has 0 spiro atoms. The van der Waals surface area contributed by atoms with Gasteiger partial charge in [-0.15, -0.1) is 5.10 Å². The average Bonchev–Trinajstić information content (AvgIpc) is 2.89. The minimum atomic E-state index is -0.324. The second kappa shape index (κ2) is 12.7. The van der Waals surface area contributed by atoms with Crippen LogP contribution in [0, 0.1) is 6.92 Å². The minimum absolute atomic E-state index is 0.00113. The van der Waals surface area contributed by atoms with Crippen molar-refractivity contribution in [2.75, 3.05) is 50.8 Å². The van der Waals surface area contributed by atoms with E-state index in [-0.39, 0.29) is 30.6 Å². The van der Waals surface area contributed by atoms with Gasteiger partial charge in [-0.25, -0.2) is 9.78 Å². The topological polar surface area (TPSA) is 110 Å². The third-order valence-electron chi connectivity index (χ3n) is 6.70. The molecule has 1 N–H and O–H groups in total. The summed E-state index contributed by atoms with van der Waals surface area (Å²) < 4.78 is 10.5. The monoisotopic (exact) mass is 496 g/mol. The van der Waals surface area contributed by atoms with Gasteiger partial charge in [-0.05, 0) is 39.5 Å². The molecule has 1 saturated heterocycles. The van der Waals surface area contributed by atoms with Gasteiger partial charge in [0.15, 0.2) is 0 Å². The van der Waals surface area contributed by atoms with Crippen LogP contribution in [0.25, 0.3) is 11.3 Å². The molecule has 1 amide bonds. The summed E-state index contributed by atoms with van der Waals surface area (Å²) in [7, 11) is 0. The van der Waals surface area contributed by atoms with Gasteiger partial charge in [-0.3, -0.25) is 9.69 Å². The molecule has 0 bridgehead atoms. The first-order chi connectivity index (χ1) is 17.5. The van der Waals surface area contributed by atoms with Gasteiger partial charge in [0.1, 0.15) is 6.61 Å². The number of hydrogen-bond donors (Lipinski definition) is 1. The summed E-state index contributed by atoms with van der Waals surface area (Å²) in [4.78, 5) is 33.1. The van der Waals surface area contributed by atoms with E-state index in [1.54, 1.807) is 13.1 Å². The van der Waals surface area contributed by atoms with Crippen molar-refractivity contribution in [1.82, 2.24) is 25.4 Å². The van der Waals surface area contributed by atoms with Gasteiger partial charge in [-0.1, -0.05) is 29.8 Å². The third-order valence-corrected chi connectivity index (χ3v) is 6.70. The van der Waals surface area contributed by atoms with Crippen molar-refractivity contribution in [3.8, 4) is 11.3 Å². The first-order valence-corrected chi connectivity index (χ1v) is 12.8. The van der Waals surface area contributed by atoms with Crippen LogP contribution < -0.4 is 10.2 Å². The molecule has 1 aromatic heterocycles. The standard InChI is InChI=1S/C26H36N6O4/c1-3-35-25(34)18-36-22-10-8-21(9-11-22)28-24(33)17-31-12-14-32(15-13-31)26-29-23(16-27-30-26)20-6-4-19(2)5-7-20/h4-7,16,21-22H,3,8-15,17-18H2,1-2H3,(H,28,33). The number of esters is 1. The second-order valence-corrected chi connectivity index (χ2v) is 9.43. The number of ether oxygens (including phenoxy) is 2. The number of nitrogens with zero attached hydrogens (tertiary/aromatic N) is 5. The lowest BCUT2D eigenvalue weighted by molar-refractivity contribution is -0.151. The number of rotatable bonds is 9. The summed E-state index contributed by atoms with van der Waals surface area (Å²) in [6.45, 7) is 7.60. The van der Waals surface area contributed by atoms with Crippen LogP contribution in [0.4, 0.5) is 5.95 Å². The van der Waals surface area contributed by atoms with E-state index in [9.17, 15) is 9.59 Å². The number of hydrogen-bond acceptors (Lipinski definition) is 9. The maximum absolute atomic E-state index is 12.6. The zero-order chi connectivity index (χ0) is 25.3. The fraction of sp³-hybridized carbons (Fsp3) is 0.577. The van der Waals surface area contributed by atoms with Gasteiger partial charge >= 0.3 is 5.97 Å². The Morgan fingerprint density at radius 3 is 2.47 bits per heavy atom. The summed E-state index contributed by atoms with van der Waals surface area (Å²) >= 11 is 0. The largest absolute Gasteiger partial charge is 0.464 e.